The maximum atomic E-state index is 12.2. The van der Waals surface area contributed by atoms with E-state index in [1.54, 1.807) is 28.2 Å². The van der Waals surface area contributed by atoms with Crippen molar-refractivity contribution in [3.8, 4) is 22.6 Å². The van der Waals surface area contributed by atoms with Gasteiger partial charge in [-0.05, 0) is 24.6 Å². The first-order chi connectivity index (χ1) is 10.7. The molecule has 0 aliphatic rings. The van der Waals surface area contributed by atoms with Gasteiger partial charge in [0.2, 0.25) is 0 Å². The van der Waals surface area contributed by atoms with Gasteiger partial charge in [-0.3, -0.25) is 0 Å². The molecule has 22 heavy (non-hydrogen) atoms. The van der Waals surface area contributed by atoms with Crippen LogP contribution in [0.2, 0.25) is 0 Å². The SMILES string of the molecule is CCOC(=O)c1c(-c2ccc(OC)c(OC)c2)csc1NC. The molecule has 0 aliphatic carbocycles. The molecule has 1 heterocycles. The summed E-state index contributed by atoms with van der Waals surface area (Å²) in [7, 11) is 4.96. The Morgan fingerprint density at radius 2 is 1.95 bits per heavy atom. The molecule has 0 saturated carbocycles. The van der Waals surface area contributed by atoms with Gasteiger partial charge in [-0.15, -0.1) is 11.3 Å². The normalized spacial score (nSPS) is 10.2. The van der Waals surface area contributed by atoms with Crippen LogP contribution in [0.15, 0.2) is 23.6 Å². The van der Waals surface area contributed by atoms with Crippen LogP contribution in [0, 0.1) is 0 Å². The van der Waals surface area contributed by atoms with Crippen molar-refractivity contribution in [2.24, 2.45) is 0 Å². The summed E-state index contributed by atoms with van der Waals surface area (Å²) in [5.41, 5.74) is 2.23. The molecule has 0 amide bonds. The molecule has 0 aliphatic heterocycles. The molecular formula is C16H19NO4S. The minimum atomic E-state index is -0.335. The van der Waals surface area contributed by atoms with Crippen LogP contribution in [-0.4, -0.2) is 33.8 Å². The van der Waals surface area contributed by atoms with Crippen molar-refractivity contribution in [2.75, 3.05) is 33.2 Å². The van der Waals surface area contributed by atoms with Crippen molar-refractivity contribution in [3.05, 3.63) is 29.1 Å². The van der Waals surface area contributed by atoms with Gasteiger partial charge in [0.05, 0.1) is 20.8 Å². The number of esters is 1. The Labute approximate surface area is 133 Å². The molecular weight excluding hydrogens is 302 g/mol. The van der Waals surface area contributed by atoms with E-state index in [9.17, 15) is 4.79 Å². The highest BCUT2D eigenvalue weighted by Crippen LogP contribution is 2.39. The average molecular weight is 321 g/mol. The van der Waals surface area contributed by atoms with Crippen molar-refractivity contribution in [2.45, 2.75) is 6.92 Å². The second kappa shape index (κ2) is 7.17. The standard InChI is InChI=1S/C16H19NO4S/c1-5-21-16(18)14-11(9-22-15(14)17-2)10-6-7-12(19-3)13(8-10)20-4/h6-9,17H,5H2,1-4H3. The molecule has 118 valence electrons. The molecule has 0 fully saturated rings. The fourth-order valence-electron chi connectivity index (χ4n) is 2.16. The van der Waals surface area contributed by atoms with Gasteiger partial charge in [-0.2, -0.15) is 0 Å². The molecule has 5 nitrogen and oxygen atoms in total. The number of carbonyl (C=O) groups is 1. The number of hydrogen-bond donors (Lipinski definition) is 1. The number of methoxy groups -OCH3 is 2. The van der Waals surface area contributed by atoms with Crippen molar-refractivity contribution in [3.63, 3.8) is 0 Å². The average Bonchev–Trinajstić information content (AvgIpc) is 2.98. The van der Waals surface area contributed by atoms with Crippen LogP contribution in [0.4, 0.5) is 5.00 Å². The summed E-state index contributed by atoms with van der Waals surface area (Å²) in [6, 6.07) is 5.56. The zero-order chi connectivity index (χ0) is 16.1. The molecule has 1 aromatic heterocycles. The van der Waals surface area contributed by atoms with Crippen molar-refractivity contribution < 1.29 is 19.0 Å². The van der Waals surface area contributed by atoms with E-state index in [0.29, 0.717) is 23.7 Å². The monoisotopic (exact) mass is 321 g/mol. The zero-order valence-electron chi connectivity index (χ0n) is 13.1. The molecule has 2 rings (SSSR count). The van der Waals surface area contributed by atoms with E-state index in [4.69, 9.17) is 14.2 Å². The number of anilines is 1. The molecule has 0 saturated heterocycles. The molecule has 0 unspecified atom stereocenters. The van der Waals surface area contributed by atoms with Crippen LogP contribution in [0.5, 0.6) is 11.5 Å². The van der Waals surface area contributed by atoms with E-state index in [0.717, 1.165) is 16.1 Å². The fraction of sp³-hybridized carbons (Fsp3) is 0.312. The Bertz CT molecular complexity index is 666. The first-order valence-corrected chi connectivity index (χ1v) is 7.72. The van der Waals surface area contributed by atoms with E-state index in [-0.39, 0.29) is 5.97 Å². The first kappa shape index (κ1) is 16.2. The lowest BCUT2D eigenvalue weighted by molar-refractivity contribution is 0.0529. The minimum Gasteiger partial charge on any atom is -0.493 e. The summed E-state index contributed by atoms with van der Waals surface area (Å²) in [6.45, 7) is 2.13. The predicted octanol–water partition coefficient (Wildman–Crippen LogP) is 3.65. The van der Waals surface area contributed by atoms with Gasteiger partial charge in [-0.1, -0.05) is 6.07 Å². The van der Waals surface area contributed by atoms with Gasteiger partial charge < -0.3 is 19.5 Å². The summed E-state index contributed by atoms with van der Waals surface area (Å²) in [6.07, 6.45) is 0. The smallest absolute Gasteiger partial charge is 0.341 e. The van der Waals surface area contributed by atoms with Crippen LogP contribution >= 0.6 is 11.3 Å². The Morgan fingerprint density at radius 1 is 1.23 bits per heavy atom. The lowest BCUT2D eigenvalue weighted by atomic mass is 10.0. The van der Waals surface area contributed by atoms with Gasteiger partial charge in [0.25, 0.3) is 0 Å². The Kier molecular flexibility index (Phi) is 5.27. The number of nitrogens with one attached hydrogen (secondary N) is 1. The Balaban J connectivity index is 2.53. The van der Waals surface area contributed by atoms with E-state index in [1.807, 2.05) is 23.6 Å². The van der Waals surface area contributed by atoms with Crippen molar-refractivity contribution in [1.29, 1.82) is 0 Å². The molecule has 0 atom stereocenters. The molecule has 1 aromatic carbocycles. The summed E-state index contributed by atoms with van der Waals surface area (Å²) in [5.74, 6) is 0.929. The van der Waals surface area contributed by atoms with Crippen molar-refractivity contribution in [1.82, 2.24) is 0 Å². The van der Waals surface area contributed by atoms with Gasteiger partial charge in [-0.25, -0.2) is 4.79 Å². The molecule has 2 aromatic rings. The van der Waals surface area contributed by atoms with Crippen LogP contribution in [0.25, 0.3) is 11.1 Å². The first-order valence-electron chi connectivity index (χ1n) is 6.85. The largest absolute Gasteiger partial charge is 0.493 e. The van der Waals surface area contributed by atoms with Crippen LogP contribution in [0.1, 0.15) is 17.3 Å². The van der Waals surface area contributed by atoms with Crippen molar-refractivity contribution >= 4 is 22.3 Å². The molecule has 1 N–H and O–H groups in total. The topological polar surface area (TPSA) is 56.8 Å². The fourth-order valence-corrected chi connectivity index (χ4v) is 3.08. The second-order valence-electron chi connectivity index (χ2n) is 4.39. The summed E-state index contributed by atoms with van der Waals surface area (Å²) in [4.78, 5) is 12.2. The summed E-state index contributed by atoms with van der Waals surface area (Å²) >= 11 is 1.46. The number of hydrogen-bond acceptors (Lipinski definition) is 6. The molecule has 0 bridgehead atoms. The maximum absolute atomic E-state index is 12.2. The number of ether oxygens (including phenoxy) is 3. The van der Waals surface area contributed by atoms with Crippen LogP contribution < -0.4 is 14.8 Å². The number of benzene rings is 1. The maximum Gasteiger partial charge on any atom is 0.341 e. The summed E-state index contributed by atoms with van der Waals surface area (Å²) in [5, 5.41) is 5.75. The predicted molar refractivity (Wildman–Crippen MR) is 88.4 cm³/mol. The Morgan fingerprint density at radius 3 is 2.55 bits per heavy atom. The van der Waals surface area contributed by atoms with E-state index >= 15 is 0 Å². The van der Waals surface area contributed by atoms with Gasteiger partial charge >= 0.3 is 5.97 Å². The van der Waals surface area contributed by atoms with Gasteiger partial charge in [0, 0.05) is 18.0 Å². The minimum absolute atomic E-state index is 0.335. The highest BCUT2D eigenvalue weighted by molar-refractivity contribution is 7.15. The summed E-state index contributed by atoms with van der Waals surface area (Å²) < 4.78 is 15.7. The van der Waals surface area contributed by atoms with Gasteiger partial charge in [0.15, 0.2) is 11.5 Å². The molecule has 6 heteroatoms. The zero-order valence-corrected chi connectivity index (χ0v) is 13.9. The lowest BCUT2D eigenvalue weighted by Gasteiger charge is -2.11. The number of carbonyl (C=O) groups excluding carboxylic acids is 1. The number of rotatable bonds is 6. The van der Waals surface area contributed by atoms with E-state index in [2.05, 4.69) is 5.32 Å². The van der Waals surface area contributed by atoms with Gasteiger partial charge in [0.1, 0.15) is 10.6 Å². The quantitative estimate of drug-likeness (QED) is 0.823. The molecule has 0 radical (unpaired) electrons. The molecule has 0 spiro atoms. The van der Waals surface area contributed by atoms with E-state index < -0.39 is 0 Å². The highest BCUT2D eigenvalue weighted by Gasteiger charge is 2.21. The Hall–Kier alpha value is -2.21. The van der Waals surface area contributed by atoms with Crippen LogP contribution in [-0.2, 0) is 4.74 Å². The third-order valence-corrected chi connectivity index (χ3v) is 4.19. The third kappa shape index (κ3) is 3.01. The van der Waals surface area contributed by atoms with E-state index in [1.165, 1.54) is 11.3 Å². The second-order valence-corrected chi connectivity index (χ2v) is 5.27. The third-order valence-electron chi connectivity index (χ3n) is 3.19. The lowest BCUT2D eigenvalue weighted by Crippen LogP contribution is -2.07. The highest BCUT2D eigenvalue weighted by atomic mass is 32.1. The van der Waals surface area contributed by atoms with Crippen LogP contribution in [0.3, 0.4) is 0 Å². The number of thiophene rings is 1.